The Balaban J connectivity index is 1.71. The van der Waals surface area contributed by atoms with E-state index in [4.69, 9.17) is 4.74 Å². The molecule has 0 amide bonds. The van der Waals surface area contributed by atoms with Crippen molar-refractivity contribution in [2.24, 2.45) is 0 Å². The van der Waals surface area contributed by atoms with E-state index in [1.807, 2.05) is 41.0 Å². The summed E-state index contributed by atoms with van der Waals surface area (Å²) in [5.74, 6) is 2.29. The van der Waals surface area contributed by atoms with Crippen molar-refractivity contribution in [3.8, 4) is 22.8 Å². The van der Waals surface area contributed by atoms with Crippen molar-refractivity contribution in [2.75, 3.05) is 0 Å². The standard InChI is InChI=1S/C22H20N4O/c1-16-5-9-19(10-6-16)26-21(15-27-20-11-7-17(2)8-12-20)24-25-22(26)18-4-3-13-23-14-18/h3-14H,15H2,1-2H3. The van der Waals surface area contributed by atoms with Gasteiger partial charge < -0.3 is 4.74 Å². The summed E-state index contributed by atoms with van der Waals surface area (Å²) in [6, 6.07) is 20.1. The third kappa shape index (κ3) is 3.72. The largest absolute Gasteiger partial charge is 0.486 e. The summed E-state index contributed by atoms with van der Waals surface area (Å²) >= 11 is 0. The van der Waals surface area contributed by atoms with Crippen LogP contribution in [0.15, 0.2) is 73.1 Å². The third-order valence-corrected chi connectivity index (χ3v) is 4.33. The first-order chi connectivity index (χ1) is 13.2. The maximum Gasteiger partial charge on any atom is 0.175 e. The molecule has 0 saturated carbocycles. The first-order valence-electron chi connectivity index (χ1n) is 8.82. The van der Waals surface area contributed by atoms with E-state index in [0.29, 0.717) is 6.61 Å². The molecule has 4 rings (SSSR count). The van der Waals surface area contributed by atoms with Crippen molar-refractivity contribution < 1.29 is 4.74 Å². The maximum atomic E-state index is 5.94. The molecule has 0 spiro atoms. The molecular formula is C22H20N4O. The number of benzene rings is 2. The summed E-state index contributed by atoms with van der Waals surface area (Å²) in [4.78, 5) is 4.21. The van der Waals surface area contributed by atoms with Gasteiger partial charge in [-0.15, -0.1) is 10.2 Å². The number of ether oxygens (including phenoxy) is 1. The van der Waals surface area contributed by atoms with Crippen molar-refractivity contribution in [2.45, 2.75) is 20.5 Å². The molecule has 2 aromatic carbocycles. The van der Waals surface area contributed by atoms with E-state index in [0.717, 1.165) is 28.6 Å². The Labute approximate surface area is 158 Å². The minimum Gasteiger partial charge on any atom is -0.486 e. The lowest BCUT2D eigenvalue weighted by molar-refractivity contribution is 0.293. The van der Waals surface area contributed by atoms with Crippen molar-refractivity contribution in [3.63, 3.8) is 0 Å². The first-order valence-corrected chi connectivity index (χ1v) is 8.82. The Hall–Kier alpha value is -3.47. The van der Waals surface area contributed by atoms with E-state index in [9.17, 15) is 0 Å². The van der Waals surface area contributed by atoms with Crippen LogP contribution >= 0.6 is 0 Å². The second-order valence-electron chi connectivity index (χ2n) is 6.45. The van der Waals surface area contributed by atoms with Crippen LogP contribution < -0.4 is 4.74 Å². The highest BCUT2D eigenvalue weighted by Crippen LogP contribution is 2.23. The summed E-state index contributed by atoms with van der Waals surface area (Å²) in [6.45, 7) is 4.45. The Morgan fingerprint density at radius 1 is 0.852 bits per heavy atom. The summed E-state index contributed by atoms with van der Waals surface area (Å²) in [7, 11) is 0. The lowest BCUT2D eigenvalue weighted by atomic mass is 10.2. The van der Waals surface area contributed by atoms with Crippen LogP contribution in [-0.2, 0) is 6.61 Å². The Bertz CT molecular complexity index is 1020. The number of hydrogen-bond donors (Lipinski definition) is 0. The normalized spacial score (nSPS) is 10.7. The predicted octanol–water partition coefficient (Wildman–Crippen LogP) is 4.53. The molecule has 4 aromatic rings. The van der Waals surface area contributed by atoms with Crippen LogP contribution in [0.1, 0.15) is 17.0 Å². The van der Waals surface area contributed by atoms with Crippen molar-refractivity contribution in [1.29, 1.82) is 0 Å². The van der Waals surface area contributed by atoms with Gasteiger partial charge in [0.05, 0.1) is 0 Å². The summed E-state index contributed by atoms with van der Waals surface area (Å²) in [6.07, 6.45) is 3.54. The molecular weight excluding hydrogens is 336 g/mol. The molecule has 2 heterocycles. The zero-order valence-corrected chi connectivity index (χ0v) is 15.3. The summed E-state index contributed by atoms with van der Waals surface area (Å²) in [5, 5.41) is 8.79. The zero-order valence-electron chi connectivity index (χ0n) is 15.3. The minimum atomic E-state index is 0.324. The molecule has 0 aliphatic rings. The highest BCUT2D eigenvalue weighted by atomic mass is 16.5. The number of nitrogens with zero attached hydrogens (tertiary/aromatic N) is 4. The van der Waals surface area contributed by atoms with Crippen molar-refractivity contribution >= 4 is 0 Å². The van der Waals surface area contributed by atoms with Gasteiger partial charge in [-0.2, -0.15) is 0 Å². The Morgan fingerprint density at radius 2 is 1.56 bits per heavy atom. The average molecular weight is 356 g/mol. The molecule has 0 N–H and O–H groups in total. The number of hydrogen-bond acceptors (Lipinski definition) is 4. The van der Waals surface area contributed by atoms with Crippen LogP contribution in [0.4, 0.5) is 0 Å². The van der Waals surface area contributed by atoms with Gasteiger partial charge in [0.2, 0.25) is 0 Å². The monoisotopic (exact) mass is 356 g/mol. The van der Waals surface area contributed by atoms with Gasteiger partial charge in [0.25, 0.3) is 0 Å². The second-order valence-corrected chi connectivity index (χ2v) is 6.45. The highest BCUT2D eigenvalue weighted by molar-refractivity contribution is 5.57. The fourth-order valence-corrected chi connectivity index (χ4v) is 2.84. The molecule has 5 heteroatoms. The number of aromatic nitrogens is 4. The average Bonchev–Trinajstić information content (AvgIpc) is 3.13. The van der Waals surface area contributed by atoms with Crippen LogP contribution in [0, 0.1) is 13.8 Å². The minimum absolute atomic E-state index is 0.324. The lowest BCUT2D eigenvalue weighted by Crippen LogP contribution is -2.07. The van der Waals surface area contributed by atoms with E-state index >= 15 is 0 Å². The molecule has 0 atom stereocenters. The van der Waals surface area contributed by atoms with Gasteiger partial charge >= 0.3 is 0 Å². The van der Waals surface area contributed by atoms with Gasteiger partial charge in [-0.05, 0) is 50.2 Å². The molecule has 5 nitrogen and oxygen atoms in total. The van der Waals surface area contributed by atoms with Gasteiger partial charge in [-0.25, -0.2) is 0 Å². The number of rotatable bonds is 5. The molecule has 0 unspecified atom stereocenters. The lowest BCUT2D eigenvalue weighted by Gasteiger charge is -2.12. The SMILES string of the molecule is Cc1ccc(OCc2nnc(-c3cccnc3)n2-c2ccc(C)cc2)cc1. The molecule has 0 radical (unpaired) electrons. The van der Waals surface area contributed by atoms with Crippen molar-refractivity contribution in [3.05, 3.63) is 90.0 Å². The van der Waals surface area contributed by atoms with E-state index in [2.05, 4.69) is 53.3 Å². The molecule has 0 aliphatic heterocycles. The predicted molar refractivity (Wildman–Crippen MR) is 105 cm³/mol. The molecule has 2 aromatic heterocycles. The fraction of sp³-hybridized carbons (Fsp3) is 0.136. The van der Waals surface area contributed by atoms with Crippen molar-refractivity contribution in [1.82, 2.24) is 19.7 Å². The molecule has 0 saturated heterocycles. The van der Waals surface area contributed by atoms with Gasteiger partial charge in [-0.1, -0.05) is 35.4 Å². The quantitative estimate of drug-likeness (QED) is 0.527. The first kappa shape index (κ1) is 17.0. The van der Waals surface area contributed by atoms with E-state index in [-0.39, 0.29) is 0 Å². The van der Waals surface area contributed by atoms with Gasteiger partial charge in [0.1, 0.15) is 12.4 Å². The maximum absolute atomic E-state index is 5.94. The Kier molecular flexibility index (Phi) is 4.66. The smallest absolute Gasteiger partial charge is 0.175 e. The molecule has 134 valence electrons. The molecule has 27 heavy (non-hydrogen) atoms. The van der Waals surface area contributed by atoms with Crippen LogP contribution in [0.5, 0.6) is 5.75 Å². The summed E-state index contributed by atoms with van der Waals surface area (Å²) < 4.78 is 7.96. The van der Waals surface area contributed by atoms with Crippen LogP contribution in [0.3, 0.4) is 0 Å². The van der Waals surface area contributed by atoms with E-state index < -0.39 is 0 Å². The second kappa shape index (κ2) is 7.41. The highest BCUT2D eigenvalue weighted by Gasteiger charge is 2.16. The van der Waals surface area contributed by atoms with E-state index in [1.165, 1.54) is 11.1 Å². The van der Waals surface area contributed by atoms with Crippen LogP contribution in [0.25, 0.3) is 17.1 Å². The molecule has 0 bridgehead atoms. The Morgan fingerprint density at radius 3 is 2.22 bits per heavy atom. The van der Waals surface area contributed by atoms with Gasteiger partial charge in [0.15, 0.2) is 11.6 Å². The molecule has 0 aliphatic carbocycles. The number of aryl methyl sites for hydroxylation is 2. The topological polar surface area (TPSA) is 52.8 Å². The zero-order chi connectivity index (χ0) is 18.6. The van der Waals surface area contributed by atoms with Crippen LogP contribution in [-0.4, -0.2) is 19.7 Å². The van der Waals surface area contributed by atoms with E-state index in [1.54, 1.807) is 12.4 Å². The summed E-state index contributed by atoms with van der Waals surface area (Å²) in [5.41, 5.74) is 4.30. The van der Waals surface area contributed by atoms with Gasteiger partial charge in [0, 0.05) is 23.6 Å². The van der Waals surface area contributed by atoms with Crippen LogP contribution in [0.2, 0.25) is 0 Å². The fourth-order valence-electron chi connectivity index (χ4n) is 2.84. The third-order valence-electron chi connectivity index (χ3n) is 4.33. The number of pyridine rings is 1. The van der Waals surface area contributed by atoms with Gasteiger partial charge in [-0.3, -0.25) is 9.55 Å². The molecule has 0 fully saturated rings.